The van der Waals surface area contributed by atoms with Crippen molar-refractivity contribution in [3.05, 3.63) is 20.8 Å². The average Bonchev–Trinajstić information content (AvgIpc) is 2.60. The number of rotatable bonds is 4. The van der Waals surface area contributed by atoms with Crippen molar-refractivity contribution in [1.29, 1.82) is 0 Å². The van der Waals surface area contributed by atoms with Gasteiger partial charge in [-0.3, -0.25) is 4.79 Å². The van der Waals surface area contributed by atoms with Crippen LogP contribution in [0.4, 0.5) is 0 Å². The Bertz CT molecular complexity index is 319. The molecule has 1 amide bonds. The summed E-state index contributed by atoms with van der Waals surface area (Å²) >= 11 is 4.74. The fraction of sp³-hybridized carbons (Fsp3) is 0.444. The van der Waals surface area contributed by atoms with Crippen molar-refractivity contribution in [1.82, 2.24) is 5.32 Å². The molecule has 1 aromatic rings. The summed E-state index contributed by atoms with van der Waals surface area (Å²) in [5, 5.41) is 4.72. The minimum Gasteiger partial charge on any atom is -0.351 e. The topological polar surface area (TPSA) is 55.1 Å². The zero-order chi connectivity index (χ0) is 10.6. The maximum absolute atomic E-state index is 11.6. The Hall–Kier alpha value is -0.100. The summed E-state index contributed by atoms with van der Waals surface area (Å²) < 4.78 is 0.848. The molecule has 0 bridgehead atoms. The molecule has 0 aliphatic carbocycles. The monoisotopic (exact) mass is 312 g/mol. The third-order valence-corrected chi connectivity index (χ3v) is 3.67. The number of hydrogen-bond donors (Lipinski definition) is 2. The minimum atomic E-state index is -0.0350. The van der Waals surface area contributed by atoms with E-state index in [0.29, 0.717) is 23.9 Å². The van der Waals surface area contributed by atoms with Crippen molar-refractivity contribution in [2.45, 2.75) is 6.92 Å². The van der Waals surface area contributed by atoms with Crippen molar-refractivity contribution in [2.24, 2.45) is 11.7 Å². The molecule has 0 aromatic carbocycles. The maximum atomic E-state index is 11.6. The molecule has 0 saturated heterocycles. The standard InChI is InChI=1S/C9H13BrN2OS.ClH/c1-6(4-11)5-12-9(13)8-7(10)2-3-14-8;/h2-3,6H,4-5,11H2,1H3,(H,12,13);1H. The van der Waals surface area contributed by atoms with Gasteiger partial charge in [0.05, 0.1) is 0 Å². The zero-order valence-corrected chi connectivity index (χ0v) is 11.5. The van der Waals surface area contributed by atoms with Crippen LogP contribution in [0, 0.1) is 5.92 Å². The molecule has 0 aliphatic heterocycles. The molecule has 1 aromatic heterocycles. The second-order valence-corrected chi connectivity index (χ2v) is 4.92. The molecular formula is C9H14BrClN2OS. The Kier molecular flexibility index (Phi) is 7.17. The fourth-order valence-electron chi connectivity index (χ4n) is 0.886. The van der Waals surface area contributed by atoms with Gasteiger partial charge in [-0.2, -0.15) is 0 Å². The first kappa shape index (κ1) is 14.9. The van der Waals surface area contributed by atoms with Gasteiger partial charge in [0, 0.05) is 11.0 Å². The molecule has 0 spiro atoms. The second kappa shape index (κ2) is 7.22. The minimum absolute atomic E-state index is 0. The quantitative estimate of drug-likeness (QED) is 0.896. The van der Waals surface area contributed by atoms with Gasteiger partial charge in [0.1, 0.15) is 4.88 Å². The highest BCUT2D eigenvalue weighted by Gasteiger charge is 2.11. The van der Waals surface area contributed by atoms with Crippen LogP contribution in [0.15, 0.2) is 15.9 Å². The molecule has 3 nitrogen and oxygen atoms in total. The molecule has 1 rings (SSSR count). The smallest absolute Gasteiger partial charge is 0.262 e. The number of carbonyl (C=O) groups excluding carboxylic acids is 1. The Labute approximate surface area is 108 Å². The van der Waals surface area contributed by atoms with Crippen LogP contribution in [-0.4, -0.2) is 19.0 Å². The van der Waals surface area contributed by atoms with Gasteiger partial charge in [0.2, 0.25) is 0 Å². The maximum Gasteiger partial charge on any atom is 0.262 e. The molecule has 0 radical (unpaired) electrons. The predicted molar refractivity (Wildman–Crippen MR) is 69.8 cm³/mol. The molecule has 3 N–H and O–H groups in total. The van der Waals surface area contributed by atoms with E-state index >= 15 is 0 Å². The number of hydrogen-bond acceptors (Lipinski definition) is 3. The van der Waals surface area contributed by atoms with E-state index in [9.17, 15) is 4.79 Å². The number of thiophene rings is 1. The Morgan fingerprint density at radius 2 is 2.40 bits per heavy atom. The van der Waals surface area contributed by atoms with Crippen LogP contribution < -0.4 is 11.1 Å². The van der Waals surface area contributed by atoms with Crippen molar-refractivity contribution in [3.8, 4) is 0 Å². The van der Waals surface area contributed by atoms with E-state index in [0.717, 1.165) is 4.47 Å². The molecule has 6 heteroatoms. The SMILES string of the molecule is CC(CN)CNC(=O)c1sccc1Br.Cl. The summed E-state index contributed by atoms with van der Waals surface area (Å²) in [7, 11) is 0. The molecule has 1 heterocycles. The molecule has 86 valence electrons. The highest BCUT2D eigenvalue weighted by atomic mass is 79.9. The highest BCUT2D eigenvalue weighted by molar-refractivity contribution is 9.10. The average molecular weight is 314 g/mol. The Balaban J connectivity index is 0.00000196. The molecule has 15 heavy (non-hydrogen) atoms. The first-order valence-corrected chi connectivity index (χ1v) is 6.03. The van der Waals surface area contributed by atoms with Gasteiger partial charge in [0.15, 0.2) is 0 Å². The lowest BCUT2D eigenvalue weighted by Gasteiger charge is -2.09. The molecule has 0 saturated carbocycles. The highest BCUT2D eigenvalue weighted by Crippen LogP contribution is 2.22. The van der Waals surface area contributed by atoms with Gasteiger partial charge in [0.25, 0.3) is 5.91 Å². The van der Waals surface area contributed by atoms with E-state index in [4.69, 9.17) is 5.73 Å². The lowest BCUT2D eigenvalue weighted by molar-refractivity contribution is 0.0952. The largest absolute Gasteiger partial charge is 0.351 e. The third-order valence-electron chi connectivity index (χ3n) is 1.84. The number of nitrogens with two attached hydrogens (primary N) is 1. The lowest BCUT2D eigenvalue weighted by atomic mass is 10.2. The van der Waals surface area contributed by atoms with Gasteiger partial charge in [-0.05, 0) is 39.8 Å². The van der Waals surface area contributed by atoms with E-state index in [1.165, 1.54) is 11.3 Å². The van der Waals surface area contributed by atoms with Crippen LogP contribution >= 0.6 is 39.7 Å². The molecule has 1 atom stereocenters. The van der Waals surface area contributed by atoms with E-state index in [2.05, 4.69) is 21.2 Å². The number of nitrogens with one attached hydrogen (secondary N) is 1. The van der Waals surface area contributed by atoms with E-state index in [1.807, 2.05) is 18.4 Å². The first-order chi connectivity index (χ1) is 6.65. The summed E-state index contributed by atoms with van der Waals surface area (Å²) in [5.41, 5.74) is 5.45. The van der Waals surface area contributed by atoms with Gasteiger partial charge >= 0.3 is 0 Å². The van der Waals surface area contributed by atoms with E-state index in [-0.39, 0.29) is 18.3 Å². The Morgan fingerprint density at radius 1 is 1.73 bits per heavy atom. The lowest BCUT2D eigenvalue weighted by Crippen LogP contribution is -2.30. The van der Waals surface area contributed by atoms with Crippen molar-refractivity contribution in [3.63, 3.8) is 0 Å². The van der Waals surface area contributed by atoms with Crippen LogP contribution in [0.1, 0.15) is 16.6 Å². The number of halogens is 2. The molecule has 0 aliphatic rings. The normalized spacial score (nSPS) is 11.7. The van der Waals surface area contributed by atoms with Crippen LogP contribution in [0.3, 0.4) is 0 Å². The first-order valence-electron chi connectivity index (χ1n) is 4.36. The molecule has 1 unspecified atom stereocenters. The summed E-state index contributed by atoms with van der Waals surface area (Å²) in [6.45, 7) is 3.22. The van der Waals surface area contributed by atoms with Crippen LogP contribution in [0.25, 0.3) is 0 Å². The molecule has 0 fully saturated rings. The van der Waals surface area contributed by atoms with Crippen molar-refractivity contribution >= 4 is 45.6 Å². The van der Waals surface area contributed by atoms with Gasteiger partial charge in [-0.15, -0.1) is 23.7 Å². The van der Waals surface area contributed by atoms with Crippen molar-refractivity contribution in [2.75, 3.05) is 13.1 Å². The summed E-state index contributed by atoms with van der Waals surface area (Å²) in [5.74, 6) is 0.282. The summed E-state index contributed by atoms with van der Waals surface area (Å²) in [4.78, 5) is 12.3. The van der Waals surface area contributed by atoms with Gasteiger partial charge < -0.3 is 11.1 Å². The second-order valence-electron chi connectivity index (χ2n) is 3.15. The van der Waals surface area contributed by atoms with Gasteiger partial charge in [-0.25, -0.2) is 0 Å². The van der Waals surface area contributed by atoms with Crippen LogP contribution in [0.2, 0.25) is 0 Å². The third kappa shape index (κ3) is 4.51. The summed E-state index contributed by atoms with van der Waals surface area (Å²) in [6, 6.07) is 1.87. The zero-order valence-electron chi connectivity index (χ0n) is 8.33. The van der Waals surface area contributed by atoms with Crippen LogP contribution in [0.5, 0.6) is 0 Å². The molecular weight excluding hydrogens is 300 g/mol. The summed E-state index contributed by atoms with van der Waals surface area (Å²) in [6.07, 6.45) is 0. The fourth-order valence-corrected chi connectivity index (χ4v) is 2.35. The number of amides is 1. The van der Waals surface area contributed by atoms with E-state index in [1.54, 1.807) is 0 Å². The Morgan fingerprint density at radius 3 is 2.87 bits per heavy atom. The van der Waals surface area contributed by atoms with E-state index < -0.39 is 0 Å². The van der Waals surface area contributed by atoms with Gasteiger partial charge in [-0.1, -0.05) is 6.92 Å². The van der Waals surface area contributed by atoms with Crippen molar-refractivity contribution < 1.29 is 4.79 Å². The number of carbonyl (C=O) groups is 1. The predicted octanol–water partition coefficient (Wildman–Crippen LogP) is 2.26. The van der Waals surface area contributed by atoms with Crippen LogP contribution in [-0.2, 0) is 0 Å².